The molecule has 2 aromatic carbocycles. The molecule has 2 heterocycles. The molecule has 0 radical (unpaired) electrons. The van der Waals surface area contributed by atoms with Crippen LogP contribution in [-0.4, -0.2) is 57.8 Å². The Hall–Kier alpha value is -3.94. The van der Waals surface area contributed by atoms with E-state index in [2.05, 4.69) is 4.98 Å². The molecule has 1 aromatic heterocycles. The lowest BCUT2D eigenvalue weighted by Crippen LogP contribution is -2.43. The van der Waals surface area contributed by atoms with Crippen molar-refractivity contribution in [1.82, 2.24) is 19.4 Å². The molecule has 1 aliphatic heterocycles. The molecule has 1 saturated heterocycles. The predicted octanol–water partition coefficient (Wildman–Crippen LogP) is 2.64. The molecule has 0 N–H and O–H groups in total. The molecule has 8 heteroatoms. The average molecular weight is 461 g/mol. The van der Waals surface area contributed by atoms with E-state index in [1.165, 1.54) is 4.90 Å². The van der Waals surface area contributed by atoms with Crippen LogP contribution in [0.3, 0.4) is 0 Å². The van der Waals surface area contributed by atoms with Crippen molar-refractivity contribution in [3.63, 3.8) is 0 Å². The van der Waals surface area contributed by atoms with Crippen molar-refractivity contribution < 1.29 is 19.1 Å². The van der Waals surface area contributed by atoms with E-state index in [1.807, 2.05) is 59.2 Å². The van der Waals surface area contributed by atoms with Crippen LogP contribution in [0.4, 0.5) is 0 Å². The number of carbonyl (C=O) groups excluding carboxylic acids is 3. The highest BCUT2D eigenvalue weighted by molar-refractivity contribution is 6.10. The van der Waals surface area contributed by atoms with E-state index in [0.717, 1.165) is 5.56 Å². The molecule has 0 spiro atoms. The Kier molecular flexibility index (Phi) is 6.77. The van der Waals surface area contributed by atoms with Gasteiger partial charge in [-0.15, -0.1) is 0 Å². The van der Waals surface area contributed by atoms with Crippen LogP contribution in [0, 0.1) is 0 Å². The number of imidazole rings is 1. The summed E-state index contributed by atoms with van der Waals surface area (Å²) >= 11 is 0. The summed E-state index contributed by atoms with van der Waals surface area (Å²) in [7, 11) is 3.30. The number of nitrogens with zero attached hydrogens (tertiary/aromatic N) is 4. The standard InChI is InChI=1S/C26H28N4O4/c1-28(18-20-7-6-10-22(15-20)34-2)23(31)16-26(21-8-4-3-5-9-21)17-24(32)30(25(26)33)14-13-29-12-11-27-19-29/h3-12,15,19H,13-14,16-18H2,1-2H3/t26-/m0/s1. The molecule has 0 aliphatic carbocycles. The molecular formula is C26H28N4O4. The van der Waals surface area contributed by atoms with Crippen LogP contribution in [0.2, 0.25) is 0 Å². The summed E-state index contributed by atoms with van der Waals surface area (Å²) < 4.78 is 7.08. The number of imide groups is 1. The Labute approximate surface area is 198 Å². The molecule has 0 saturated carbocycles. The first-order valence-electron chi connectivity index (χ1n) is 11.2. The van der Waals surface area contributed by atoms with Gasteiger partial charge in [0.15, 0.2) is 0 Å². The second kappa shape index (κ2) is 9.91. The number of carbonyl (C=O) groups is 3. The zero-order valence-electron chi connectivity index (χ0n) is 19.4. The maximum absolute atomic E-state index is 13.7. The zero-order chi connectivity index (χ0) is 24.1. The Balaban J connectivity index is 1.55. The zero-order valence-corrected chi connectivity index (χ0v) is 19.4. The van der Waals surface area contributed by atoms with Crippen LogP contribution in [0.25, 0.3) is 0 Å². The average Bonchev–Trinajstić information content (AvgIpc) is 3.45. The molecule has 0 bridgehead atoms. The third kappa shape index (κ3) is 4.71. The van der Waals surface area contributed by atoms with Gasteiger partial charge in [-0.05, 0) is 23.3 Å². The first kappa shape index (κ1) is 23.2. The minimum absolute atomic E-state index is 0.0293. The predicted molar refractivity (Wildman–Crippen MR) is 126 cm³/mol. The molecule has 8 nitrogen and oxygen atoms in total. The Morgan fingerprint density at radius 3 is 2.62 bits per heavy atom. The number of aromatic nitrogens is 2. The van der Waals surface area contributed by atoms with Crippen molar-refractivity contribution in [3.8, 4) is 5.75 Å². The molecule has 176 valence electrons. The number of hydrogen-bond donors (Lipinski definition) is 0. The smallest absolute Gasteiger partial charge is 0.240 e. The molecular weight excluding hydrogens is 432 g/mol. The SMILES string of the molecule is COc1cccc(CN(C)C(=O)C[C@@]2(c3ccccc3)CC(=O)N(CCn3ccnc3)C2=O)c1. The summed E-state index contributed by atoms with van der Waals surface area (Å²) in [5.74, 6) is -0.0855. The number of rotatable bonds is 9. The van der Waals surface area contributed by atoms with Crippen LogP contribution >= 0.6 is 0 Å². The van der Waals surface area contributed by atoms with Crippen molar-refractivity contribution in [3.05, 3.63) is 84.4 Å². The molecule has 3 amide bonds. The Bertz CT molecular complexity index is 1160. The maximum Gasteiger partial charge on any atom is 0.240 e. The number of ether oxygens (including phenoxy) is 1. The van der Waals surface area contributed by atoms with Gasteiger partial charge in [-0.2, -0.15) is 0 Å². The molecule has 3 aromatic rings. The number of hydrogen-bond acceptors (Lipinski definition) is 5. The summed E-state index contributed by atoms with van der Waals surface area (Å²) in [4.78, 5) is 46.9. The lowest BCUT2D eigenvalue weighted by molar-refractivity contribution is -0.142. The highest BCUT2D eigenvalue weighted by atomic mass is 16.5. The van der Waals surface area contributed by atoms with Crippen LogP contribution in [-0.2, 0) is 32.9 Å². The van der Waals surface area contributed by atoms with E-state index >= 15 is 0 Å². The lowest BCUT2D eigenvalue weighted by atomic mass is 9.75. The van der Waals surface area contributed by atoms with Gasteiger partial charge in [0, 0.05) is 51.9 Å². The van der Waals surface area contributed by atoms with Gasteiger partial charge in [0.2, 0.25) is 17.7 Å². The molecule has 4 rings (SSSR count). The topological polar surface area (TPSA) is 84.7 Å². The molecule has 0 unspecified atom stereocenters. The summed E-state index contributed by atoms with van der Waals surface area (Å²) in [5, 5.41) is 0. The second-order valence-corrected chi connectivity index (χ2v) is 8.55. The first-order chi connectivity index (χ1) is 16.4. The van der Waals surface area contributed by atoms with Crippen LogP contribution in [0.1, 0.15) is 24.0 Å². The largest absolute Gasteiger partial charge is 0.497 e. The fourth-order valence-corrected chi connectivity index (χ4v) is 4.41. The van der Waals surface area contributed by atoms with Gasteiger partial charge >= 0.3 is 0 Å². The van der Waals surface area contributed by atoms with Gasteiger partial charge in [0.1, 0.15) is 5.75 Å². The van der Waals surface area contributed by atoms with Crippen molar-refractivity contribution in [1.29, 1.82) is 0 Å². The number of benzene rings is 2. The van der Waals surface area contributed by atoms with Gasteiger partial charge < -0.3 is 14.2 Å². The first-order valence-corrected chi connectivity index (χ1v) is 11.2. The van der Waals surface area contributed by atoms with Crippen LogP contribution < -0.4 is 4.74 Å². The van der Waals surface area contributed by atoms with E-state index < -0.39 is 5.41 Å². The highest BCUT2D eigenvalue weighted by Gasteiger charge is 2.53. The quantitative estimate of drug-likeness (QED) is 0.459. The molecule has 1 fully saturated rings. The highest BCUT2D eigenvalue weighted by Crippen LogP contribution is 2.40. The van der Waals surface area contributed by atoms with E-state index in [1.54, 1.807) is 37.8 Å². The summed E-state index contributed by atoms with van der Waals surface area (Å²) in [6, 6.07) is 16.7. The van der Waals surface area contributed by atoms with Gasteiger partial charge in [-0.3, -0.25) is 19.3 Å². The van der Waals surface area contributed by atoms with E-state index in [-0.39, 0.29) is 37.1 Å². The maximum atomic E-state index is 13.7. The van der Waals surface area contributed by atoms with Crippen LogP contribution in [0.15, 0.2) is 73.3 Å². The van der Waals surface area contributed by atoms with E-state index in [9.17, 15) is 14.4 Å². The third-order valence-corrected chi connectivity index (χ3v) is 6.31. The summed E-state index contributed by atoms with van der Waals surface area (Å²) in [6.45, 7) is 1.05. The van der Waals surface area contributed by atoms with Gasteiger partial charge in [-0.25, -0.2) is 4.98 Å². The Morgan fingerprint density at radius 1 is 1.12 bits per heavy atom. The Morgan fingerprint density at radius 2 is 1.91 bits per heavy atom. The van der Waals surface area contributed by atoms with Gasteiger partial charge in [0.25, 0.3) is 0 Å². The number of amides is 3. The number of methoxy groups -OCH3 is 1. The molecule has 1 aliphatic rings. The third-order valence-electron chi connectivity index (χ3n) is 6.31. The monoisotopic (exact) mass is 460 g/mol. The fourth-order valence-electron chi connectivity index (χ4n) is 4.41. The van der Waals surface area contributed by atoms with Crippen molar-refractivity contribution >= 4 is 17.7 Å². The van der Waals surface area contributed by atoms with Crippen molar-refractivity contribution in [2.45, 2.75) is 31.3 Å². The van der Waals surface area contributed by atoms with Crippen molar-refractivity contribution in [2.24, 2.45) is 0 Å². The van der Waals surface area contributed by atoms with Gasteiger partial charge in [0.05, 0.1) is 18.9 Å². The normalized spacial score (nSPS) is 17.8. The van der Waals surface area contributed by atoms with Gasteiger partial charge in [-0.1, -0.05) is 42.5 Å². The molecule has 1 atom stereocenters. The fraction of sp³-hybridized carbons (Fsp3) is 0.308. The van der Waals surface area contributed by atoms with E-state index in [0.29, 0.717) is 24.4 Å². The minimum atomic E-state index is -1.22. The van der Waals surface area contributed by atoms with Crippen molar-refractivity contribution in [2.75, 3.05) is 20.7 Å². The lowest BCUT2D eigenvalue weighted by Gasteiger charge is -2.29. The summed E-state index contributed by atoms with van der Waals surface area (Å²) in [6.07, 6.45) is 4.97. The minimum Gasteiger partial charge on any atom is -0.497 e. The molecule has 34 heavy (non-hydrogen) atoms. The van der Waals surface area contributed by atoms with Crippen LogP contribution in [0.5, 0.6) is 5.75 Å². The summed E-state index contributed by atoms with van der Waals surface area (Å²) in [5.41, 5.74) is 0.383. The van der Waals surface area contributed by atoms with E-state index in [4.69, 9.17) is 4.74 Å². The number of likely N-dealkylation sites (tertiary alicyclic amines) is 1. The second-order valence-electron chi connectivity index (χ2n) is 8.55.